The number of hydrogen-bond donors (Lipinski definition) is 1. The van der Waals surface area contributed by atoms with Crippen molar-refractivity contribution in [1.82, 2.24) is 4.98 Å². The minimum absolute atomic E-state index is 0.120. The van der Waals surface area contributed by atoms with Gasteiger partial charge in [0.1, 0.15) is 0 Å². The Kier molecular flexibility index (Phi) is 3.25. The molecule has 3 aromatic rings. The highest BCUT2D eigenvalue weighted by atomic mass is 32.2. The molecular weight excluding hydrogens is 324 g/mol. The molecule has 24 heavy (non-hydrogen) atoms. The molecule has 2 heterocycles. The second-order valence-electron chi connectivity index (χ2n) is 6.02. The summed E-state index contributed by atoms with van der Waals surface area (Å²) >= 11 is 0. The number of rotatable bonds is 2. The Morgan fingerprint density at radius 1 is 1.08 bits per heavy atom. The van der Waals surface area contributed by atoms with Crippen LogP contribution in [0.4, 0.5) is 5.69 Å². The number of nitrogens with one attached hydrogen (secondary N) is 1. The van der Waals surface area contributed by atoms with Crippen molar-refractivity contribution in [3.8, 4) is 11.3 Å². The van der Waals surface area contributed by atoms with Gasteiger partial charge >= 0.3 is 0 Å². The van der Waals surface area contributed by atoms with Crippen LogP contribution in [0, 0.1) is 0 Å². The number of pyridine rings is 1. The number of benzene rings is 2. The topological polar surface area (TPSA) is 70.2 Å². The van der Waals surface area contributed by atoms with Crippen molar-refractivity contribution < 1.29 is 8.42 Å². The van der Waals surface area contributed by atoms with Crippen LogP contribution < -0.4 is 9.73 Å². The Morgan fingerprint density at radius 3 is 2.54 bits per heavy atom. The standard InChI is InChI=1S/C18H16N2O3S/c1-24(22,23)20-8-7-13-9-16-14(10-17(13)20)18(21)11-15(19-16)12-5-3-2-4-6-12/h2-6,9-11H,7-8H2,1H3,(H,19,21). The first-order valence-corrected chi connectivity index (χ1v) is 9.51. The van der Waals surface area contributed by atoms with E-state index in [2.05, 4.69) is 4.98 Å². The highest BCUT2D eigenvalue weighted by Crippen LogP contribution is 2.33. The molecule has 0 spiro atoms. The van der Waals surface area contributed by atoms with Gasteiger partial charge in [0.15, 0.2) is 5.43 Å². The number of hydrogen-bond acceptors (Lipinski definition) is 3. The van der Waals surface area contributed by atoms with Crippen LogP contribution in [0.25, 0.3) is 22.2 Å². The first kappa shape index (κ1) is 15.0. The van der Waals surface area contributed by atoms with Gasteiger partial charge in [-0.1, -0.05) is 30.3 Å². The summed E-state index contributed by atoms with van der Waals surface area (Å²) in [7, 11) is -3.33. The molecule has 0 atom stereocenters. The van der Waals surface area contributed by atoms with Gasteiger partial charge < -0.3 is 4.98 Å². The Labute approximate surface area is 139 Å². The predicted molar refractivity (Wildman–Crippen MR) is 95.9 cm³/mol. The van der Waals surface area contributed by atoms with Gasteiger partial charge in [0.2, 0.25) is 10.0 Å². The van der Waals surface area contributed by atoms with E-state index in [-0.39, 0.29) is 5.43 Å². The lowest BCUT2D eigenvalue weighted by Crippen LogP contribution is -2.27. The number of anilines is 1. The molecule has 0 radical (unpaired) electrons. The van der Waals surface area contributed by atoms with Gasteiger partial charge in [0, 0.05) is 23.7 Å². The molecule has 122 valence electrons. The van der Waals surface area contributed by atoms with Crippen LogP contribution in [0.3, 0.4) is 0 Å². The van der Waals surface area contributed by atoms with Crippen molar-refractivity contribution in [2.75, 3.05) is 17.1 Å². The molecule has 6 heteroatoms. The quantitative estimate of drug-likeness (QED) is 0.779. The van der Waals surface area contributed by atoms with Crippen molar-refractivity contribution in [3.63, 3.8) is 0 Å². The smallest absolute Gasteiger partial charge is 0.232 e. The molecule has 5 nitrogen and oxygen atoms in total. The van der Waals surface area contributed by atoms with E-state index in [4.69, 9.17) is 0 Å². The van der Waals surface area contributed by atoms with E-state index in [1.165, 1.54) is 10.6 Å². The van der Waals surface area contributed by atoms with Crippen LogP contribution in [0.2, 0.25) is 0 Å². The first-order chi connectivity index (χ1) is 11.4. The van der Waals surface area contributed by atoms with Gasteiger partial charge in [-0.2, -0.15) is 0 Å². The van der Waals surface area contributed by atoms with Crippen LogP contribution in [-0.2, 0) is 16.4 Å². The van der Waals surface area contributed by atoms with Crippen LogP contribution in [0.5, 0.6) is 0 Å². The molecule has 1 aromatic heterocycles. The molecule has 0 aliphatic carbocycles. The van der Waals surface area contributed by atoms with Crippen LogP contribution >= 0.6 is 0 Å². The Morgan fingerprint density at radius 2 is 1.83 bits per heavy atom. The lowest BCUT2D eigenvalue weighted by Gasteiger charge is -2.16. The van der Waals surface area contributed by atoms with Gasteiger partial charge in [0.25, 0.3) is 0 Å². The summed E-state index contributed by atoms with van der Waals surface area (Å²) in [6.45, 7) is 0.421. The van der Waals surface area contributed by atoms with Crippen LogP contribution in [0.1, 0.15) is 5.56 Å². The van der Waals surface area contributed by atoms with E-state index in [0.717, 1.165) is 22.3 Å². The molecular formula is C18H16N2O3S. The average molecular weight is 340 g/mol. The minimum atomic E-state index is -3.33. The highest BCUT2D eigenvalue weighted by molar-refractivity contribution is 7.92. The average Bonchev–Trinajstić information content (AvgIpc) is 2.97. The summed E-state index contributed by atoms with van der Waals surface area (Å²) in [5.41, 5.74) is 3.86. The molecule has 0 amide bonds. The fraction of sp³-hybridized carbons (Fsp3) is 0.167. The van der Waals surface area contributed by atoms with Crippen molar-refractivity contribution in [2.45, 2.75) is 6.42 Å². The number of fused-ring (bicyclic) bond motifs is 2. The van der Waals surface area contributed by atoms with Gasteiger partial charge in [-0.05, 0) is 29.7 Å². The third-order valence-corrected chi connectivity index (χ3v) is 5.55. The van der Waals surface area contributed by atoms with E-state index in [9.17, 15) is 13.2 Å². The Bertz CT molecular complexity index is 1100. The molecule has 0 fully saturated rings. The van der Waals surface area contributed by atoms with E-state index < -0.39 is 10.0 Å². The fourth-order valence-electron chi connectivity index (χ4n) is 3.22. The van der Waals surface area contributed by atoms with Crippen molar-refractivity contribution >= 4 is 26.6 Å². The zero-order valence-electron chi connectivity index (χ0n) is 13.1. The number of aromatic nitrogens is 1. The number of H-pyrrole nitrogens is 1. The van der Waals surface area contributed by atoms with E-state index in [1.54, 1.807) is 12.1 Å². The van der Waals surface area contributed by atoms with Gasteiger partial charge in [-0.15, -0.1) is 0 Å². The zero-order chi connectivity index (χ0) is 16.9. The van der Waals surface area contributed by atoms with E-state index >= 15 is 0 Å². The second-order valence-corrected chi connectivity index (χ2v) is 7.93. The Hall–Kier alpha value is -2.60. The van der Waals surface area contributed by atoms with Gasteiger partial charge in [-0.25, -0.2) is 8.42 Å². The molecule has 2 aromatic carbocycles. The summed E-state index contributed by atoms with van der Waals surface area (Å²) in [6, 6.07) is 14.8. The molecule has 0 saturated heterocycles. The second kappa shape index (κ2) is 5.21. The van der Waals surface area contributed by atoms with Crippen LogP contribution in [-0.4, -0.2) is 26.2 Å². The molecule has 0 unspecified atom stereocenters. The molecule has 4 rings (SSSR count). The lowest BCUT2D eigenvalue weighted by molar-refractivity contribution is 0.598. The fourth-order valence-corrected chi connectivity index (χ4v) is 4.17. The lowest BCUT2D eigenvalue weighted by atomic mass is 10.1. The molecule has 1 aliphatic heterocycles. The van der Waals surface area contributed by atoms with E-state index in [1.807, 2.05) is 36.4 Å². The maximum Gasteiger partial charge on any atom is 0.232 e. The van der Waals surface area contributed by atoms with Crippen molar-refractivity contribution in [2.24, 2.45) is 0 Å². The van der Waals surface area contributed by atoms with E-state index in [0.29, 0.717) is 24.0 Å². The first-order valence-electron chi connectivity index (χ1n) is 7.66. The predicted octanol–water partition coefficient (Wildman–Crippen LogP) is 2.52. The summed E-state index contributed by atoms with van der Waals surface area (Å²) in [5.74, 6) is 0. The zero-order valence-corrected chi connectivity index (χ0v) is 13.9. The highest BCUT2D eigenvalue weighted by Gasteiger charge is 2.27. The Balaban J connectivity index is 1.93. The molecule has 0 bridgehead atoms. The van der Waals surface area contributed by atoms with Crippen molar-refractivity contribution in [1.29, 1.82) is 0 Å². The molecule has 1 aliphatic rings. The molecule has 1 N–H and O–H groups in total. The van der Waals surface area contributed by atoms with Gasteiger partial charge in [-0.3, -0.25) is 9.10 Å². The number of sulfonamides is 1. The van der Waals surface area contributed by atoms with Crippen LogP contribution in [0.15, 0.2) is 53.3 Å². The maximum atomic E-state index is 12.5. The summed E-state index contributed by atoms with van der Waals surface area (Å²) < 4.78 is 25.2. The third-order valence-electron chi connectivity index (χ3n) is 4.37. The largest absolute Gasteiger partial charge is 0.354 e. The number of aromatic amines is 1. The van der Waals surface area contributed by atoms with Gasteiger partial charge in [0.05, 0.1) is 17.5 Å². The SMILES string of the molecule is CS(=O)(=O)N1CCc2cc3[nH]c(-c4ccccc4)cc(=O)c3cc21. The normalized spacial score (nSPS) is 14.1. The van der Waals surface area contributed by atoms with Crippen molar-refractivity contribution in [3.05, 3.63) is 64.3 Å². The monoisotopic (exact) mass is 340 g/mol. The third kappa shape index (κ3) is 2.39. The number of nitrogens with zero attached hydrogens (tertiary/aromatic N) is 1. The summed E-state index contributed by atoms with van der Waals surface area (Å²) in [4.78, 5) is 15.8. The molecule has 0 saturated carbocycles. The minimum Gasteiger partial charge on any atom is -0.354 e. The summed E-state index contributed by atoms with van der Waals surface area (Å²) in [5, 5.41) is 0.504. The maximum absolute atomic E-state index is 12.5. The summed E-state index contributed by atoms with van der Waals surface area (Å²) in [6.07, 6.45) is 1.84.